The largest absolute Gasteiger partial charge is 0.367 e. The molecule has 0 aliphatic rings. The zero-order chi connectivity index (χ0) is 4.83. The van der Waals surface area contributed by atoms with Crippen LogP contribution in [0.2, 0.25) is 0 Å². The number of ether oxygens (including phenoxy) is 1. The maximum atomic E-state index is 7.82. The zero-order valence-electron chi connectivity index (χ0n) is 4.18. The maximum absolute atomic E-state index is 7.82. The van der Waals surface area contributed by atoms with Gasteiger partial charge in [0.25, 0.3) is 0 Å². The van der Waals surface area contributed by atoms with Gasteiger partial charge < -0.3 is 4.74 Å². The molecule has 0 aromatic heterocycles. The van der Waals surface area contributed by atoms with Gasteiger partial charge in [-0.25, -0.2) is 0 Å². The van der Waals surface area contributed by atoms with Crippen molar-refractivity contribution < 1.29 is 4.74 Å². The van der Waals surface area contributed by atoms with Gasteiger partial charge in [0.1, 0.15) is 6.61 Å². The van der Waals surface area contributed by atoms with Crippen LogP contribution in [-0.4, -0.2) is 13.2 Å². The SMILES string of the molecule is CCOCC#N.Cl. The first-order valence-corrected chi connectivity index (χ1v) is 1.86. The van der Waals surface area contributed by atoms with Gasteiger partial charge in [0.2, 0.25) is 0 Å². The molecular formula is C4H8ClNO. The highest BCUT2D eigenvalue weighted by Crippen LogP contribution is 1.65. The molecule has 0 saturated carbocycles. The van der Waals surface area contributed by atoms with E-state index in [1.165, 1.54) is 0 Å². The summed E-state index contributed by atoms with van der Waals surface area (Å²) < 4.78 is 4.62. The van der Waals surface area contributed by atoms with Crippen molar-refractivity contribution in [1.82, 2.24) is 0 Å². The summed E-state index contributed by atoms with van der Waals surface area (Å²) in [6.45, 7) is 2.71. The second kappa shape index (κ2) is 9.22. The van der Waals surface area contributed by atoms with E-state index in [4.69, 9.17) is 5.26 Å². The van der Waals surface area contributed by atoms with Gasteiger partial charge >= 0.3 is 0 Å². The molecule has 42 valence electrons. The van der Waals surface area contributed by atoms with E-state index in [0.29, 0.717) is 6.61 Å². The number of nitriles is 1. The molecule has 0 bridgehead atoms. The lowest BCUT2D eigenvalue weighted by atomic mass is 10.8. The molecule has 0 radical (unpaired) electrons. The summed E-state index contributed by atoms with van der Waals surface area (Å²) in [5.41, 5.74) is 0. The van der Waals surface area contributed by atoms with Gasteiger partial charge in [0.05, 0.1) is 6.07 Å². The van der Waals surface area contributed by atoms with Crippen LogP contribution in [0.25, 0.3) is 0 Å². The van der Waals surface area contributed by atoms with E-state index in [2.05, 4.69) is 4.74 Å². The Kier molecular flexibility index (Phi) is 13.0. The molecule has 7 heavy (non-hydrogen) atoms. The van der Waals surface area contributed by atoms with E-state index in [9.17, 15) is 0 Å². The Morgan fingerprint density at radius 2 is 2.29 bits per heavy atom. The van der Waals surface area contributed by atoms with E-state index in [0.717, 1.165) is 0 Å². The van der Waals surface area contributed by atoms with Crippen LogP contribution >= 0.6 is 12.4 Å². The first kappa shape index (κ1) is 9.88. The highest BCUT2D eigenvalue weighted by molar-refractivity contribution is 5.85. The third-order valence-electron chi connectivity index (χ3n) is 0.371. The molecule has 0 aliphatic heterocycles. The fourth-order valence-electron chi connectivity index (χ4n) is 0.148. The van der Waals surface area contributed by atoms with Crippen LogP contribution in [0.5, 0.6) is 0 Å². The Balaban J connectivity index is 0. The minimum Gasteiger partial charge on any atom is -0.367 e. The lowest BCUT2D eigenvalue weighted by Crippen LogP contribution is -1.86. The van der Waals surface area contributed by atoms with Gasteiger partial charge in [-0.2, -0.15) is 5.26 Å². The molecule has 0 N–H and O–H groups in total. The second-order valence-electron chi connectivity index (χ2n) is 0.795. The number of hydrogen-bond donors (Lipinski definition) is 0. The zero-order valence-corrected chi connectivity index (χ0v) is 4.99. The standard InChI is InChI=1S/C4H7NO.ClH/c1-2-6-4-3-5;/h2,4H2,1H3;1H. The first-order valence-electron chi connectivity index (χ1n) is 1.86. The van der Waals surface area contributed by atoms with E-state index < -0.39 is 0 Å². The summed E-state index contributed by atoms with van der Waals surface area (Å²) in [6, 6.07) is 1.85. The molecule has 0 spiro atoms. The molecule has 0 aromatic rings. The molecule has 0 atom stereocenters. The fraction of sp³-hybridized carbons (Fsp3) is 0.750. The summed E-state index contributed by atoms with van der Waals surface area (Å²) in [5.74, 6) is 0. The van der Waals surface area contributed by atoms with Crippen LogP contribution in [0.1, 0.15) is 6.92 Å². The minimum absolute atomic E-state index is 0. The Morgan fingerprint density at radius 1 is 1.71 bits per heavy atom. The highest BCUT2D eigenvalue weighted by atomic mass is 35.5. The van der Waals surface area contributed by atoms with E-state index in [1.807, 2.05) is 13.0 Å². The predicted molar refractivity (Wildman–Crippen MR) is 29.4 cm³/mol. The number of nitrogens with zero attached hydrogens (tertiary/aromatic N) is 1. The molecule has 0 rings (SSSR count). The van der Waals surface area contributed by atoms with Gasteiger partial charge in [0.15, 0.2) is 0 Å². The van der Waals surface area contributed by atoms with E-state index >= 15 is 0 Å². The molecule has 0 aliphatic carbocycles. The average Bonchev–Trinajstić information content (AvgIpc) is 1.61. The van der Waals surface area contributed by atoms with Crippen molar-refractivity contribution in [3.8, 4) is 6.07 Å². The van der Waals surface area contributed by atoms with Crippen molar-refractivity contribution in [3.05, 3.63) is 0 Å². The van der Waals surface area contributed by atoms with Crippen LogP contribution < -0.4 is 0 Å². The molecule has 0 aromatic carbocycles. The van der Waals surface area contributed by atoms with Crippen LogP contribution in [0.4, 0.5) is 0 Å². The lowest BCUT2D eigenvalue weighted by Gasteiger charge is -1.84. The number of rotatable bonds is 2. The van der Waals surface area contributed by atoms with Crippen LogP contribution in [0.15, 0.2) is 0 Å². The van der Waals surface area contributed by atoms with Crippen molar-refractivity contribution in [2.24, 2.45) is 0 Å². The van der Waals surface area contributed by atoms with Gasteiger partial charge in [0, 0.05) is 6.61 Å². The van der Waals surface area contributed by atoms with Crippen molar-refractivity contribution in [2.45, 2.75) is 6.92 Å². The molecule has 0 unspecified atom stereocenters. The third kappa shape index (κ3) is 10.7. The third-order valence-corrected chi connectivity index (χ3v) is 0.371. The second-order valence-corrected chi connectivity index (χ2v) is 0.795. The van der Waals surface area contributed by atoms with Gasteiger partial charge in [-0.15, -0.1) is 12.4 Å². The summed E-state index contributed by atoms with van der Waals surface area (Å²) in [6.07, 6.45) is 0. The topological polar surface area (TPSA) is 33.0 Å². The Hall–Kier alpha value is -0.260. The first-order chi connectivity index (χ1) is 2.91. The van der Waals surface area contributed by atoms with Crippen molar-refractivity contribution in [3.63, 3.8) is 0 Å². The molecular weight excluding hydrogens is 114 g/mol. The Labute approximate surface area is 49.5 Å². The Morgan fingerprint density at radius 3 is 2.43 bits per heavy atom. The fourth-order valence-corrected chi connectivity index (χ4v) is 0.148. The van der Waals surface area contributed by atoms with Crippen molar-refractivity contribution >= 4 is 12.4 Å². The van der Waals surface area contributed by atoms with Crippen LogP contribution in [0, 0.1) is 11.3 Å². The van der Waals surface area contributed by atoms with Gasteiger partial charge in [-0.05, 0) is 6.92 Å². The maximum Gasteiger partial charge on any atom is 0.133 e. The lowest BCUT2D eigenvalue weighted by molar-refractivity contribution is 0.181. The predicted octanol–water partition coefficient (Wildman–Crippen LogP) is 0.968. The smallest absolute Gasteiger partial charge is 0.133 e. The van der Waals surface area contributed by atoms with Crippen molar-refractivity contribution in [2.75, 3.05) is 13.2 Å². The van der Waals surface area contributed by atoms with Crippen molar-refractivity contribution in [1.29, 1.82) is 5.26 Å². The van der Waals surface area contributed by atoms with Crippen LogP contribution in [-0.2, 0) is 4.74 Å². The average molecular weight is 122 g/mol. The summed E-state index contributed by atoms with van der Waals surface area (Å²) in [4.78, 5) is 0. The van der Waals surface area contributed by atoms with E-state index in [1.54, 1.807) is 0 Å². The monoisotopic (exact) mass is 121 g/mol. The molecule has 0 amide bonds. The minimum atomic E-state index is 0. The van der Waals surface area contributed by atoms with Crippen LogP contribution in [0.3, 0.4) is 0 Å². The number of halogens is 1. The molecule has 2 nitrogen and oxygen atoms in total. The summed E-state index contributed by atoms with van der Waals surface area (Å²) >= 11 is 0. The normalized spacial score (nSPS) is 6.29. The molecule has 0 fully saturated rings. The van der Waals surface area contributed by atoms with Gasteiger partial charge in [-0.1, -0.05) is 0 Å². The van der Waals surface area contributed by atoms with Gasteiger partial charge in [-0.3, -0.25) is 0 Å². The summed E-state index contributed by atoms with van der Waals surface area (Å²) in [7, 11) is 0. The molecule has 0 heterocycles. The quantitative estimate of drug-likeness (QED) is 0.510. The van der Waals surface area contributed by atoms with E-state index in [-0.39, 0.29) is 19.0 Å². The molecule has 0 saturated heterocycles. The Bertz CT molecular complexity index is 59.2. The molecule has 3 heteroatoms. The summed E-state index contributed by atoms with van der Waals surface area (Å²) in [5, 5.41) is 7.82. The highest BCUT2D eigenvalue weighted by Gasteiger charge is 1.70. The number of hydrogen-bond acceptors (Lipinski definition) is 2.